The van der Waals surface area contributed by atoms with E-state index >= 15 is 0 Å². The van der Waals surface area contributed by atoms with Crippen molar-refractivity contribution in [2.75, 3.05) is 13.7 Å². The highest BCUT2D eigenvalue weighted by Crippen LogP contribution is 2.25. The van der Waals surface area contributed by atoms with Gasteiger partial charge in [0.25, 0.3) is 0 Å². The van der Waals surface area contributed by atoms with Crippen molar-refractivity contribution < 1.29 is 29.0 Å². The van der Waals surface area contributed by atoms with Gasteiger partial charge in [0.2, 0.25) is 17.7 Å². The molecule has 0 heterocycles. The van der Waals surface area contributed by atoms with Gasteiger partial charge in [-0.1, -0.05) is 84.9 Å². The van der Waals surface area contributed by atoms with Crippen molar-refractivity contribution in [2.24, 2.45) is 5.73 Å². The molecule has 252 valence electrons. The maximum Gasteiger partial charge on any atom is 0.326 e. The number of fused-ring (bicyclic) bond motifs is 1. The molecule has 0 bridgehead atoms. The summed E-state index contributed by atoms with van der Waals surface area (Å²) in [7, 11) is 1.61. The molecule has 0 fully saturated rings. The molecule has 0 spiro atoms. The fraction of sp³-hybridized carbons (Fsp3) is 0.316. The minimum atomic E-state index is -1.17. The molecular formula is C38H44N4O6. The third-order valence-corrected chi connectivity index (χ3v) is 8.36. The van der Waals surface area contributed by atoms with Crippen LogP contribution in [0.4, 0.5) is 0 Å². The van der Waals surface area contributed by atoms with Crippen molar-refractivity contribution in [3.05, 3.63) is 114 Å². The quantitative estimate of drug-likeness (QED) is 0.107. The molecule has 0 unspecified atom stereocenters. The van der Waals surface area contributed by atoms with E-state index in [4.69, 9.17) is 10.5 Å². The van der Waals surface area contributed by atoms with Crippen molar-refractivity contribution in [1.29, 1.82) is 0 Å². The molecule has 0 saturated heterocycles. The summed E-state index contributed by atoms with van der Waals surface area (Å²) in [6, 6.07) is 26.6. The average Bonchev–Trinajstić information content (AvgIpc) is 3.10. The van der Waals surface area contributed by atoms with Gasteiger partial charge in [-0.25, -0.2) is 4.79 Å². The highest BCUT2D eigenvalue weighted by atomic mass is 16.5. The van der Waals surface area contributed by atoms with Crippen LogP contribution in [0.5, 0.6) is 5.75 Å². The van der Waals surface area contributed by atoms with Gasteiger partial charge in [-0.2, -0.15) is 0 Å². The third kappa shape index (κ3) is 10.1. The van der Waals surface area contributed by atoms with Crippen LogP contribution in [0.3, 0.4) is 0 Å². The number of carbonyl (C=O) groups excluding carboxylic acids is 3. The smallest absolute Gasteiger partial charge is 0.326 e. The van der Waals surface area contributed by atoms with E-state index in [9.17, 15) is 24.3 Å². The van der Waals surface area contributed by atoms with Gasteiger partial charge in [0.05, 0.1) is 13.0 Å². The number of ether oxygens (including phenoxy) is 1. The standard InChI is InChI=1S/C38H44N4O6/c1-25(28-16-17-30-24-31(48-2)19-18-29(30)23-28)35(43)41-33(21-26-11-5-3-6-12-26)37(45)42-34(22-27-13-7-4-8-14-27)36(44)40-32(38(46)47)15-9-10-20-39/h3-8,11-14,16-19,23-25,32-34H,9-10,15,20-22,39H2,1-2H3,(H,40,44)(H,41,43)(H,42,45)(H,46,47)/t25-,32+,33+,34+/m0/s1. The summed E-state index contributed by atoms with van der Waals surface area (Å²) in [6.07, 6.45) is 1.66. The normalized spacial score (nSPS) is 13.5. The van der Waals surface area contributed by atoms with E-state index in [2.05, 4.69) is 16.0 Å². The number of nitrogens with two attached hydrogens (primary N) is 1. The first-order valence-electron chi connectivity index (χ1n) is 16.2. The highest BCUT2D eigenvalue weighted by molar-refractivity contribution is 5.95. The zero-order valence-corrected chi connectivity index (χ0v) is 27.4. The number of carboxylic acid groups (broad SMARTS) is 1. The maximum absolute atomic E-state index is 14.0. The van der Waals surface area contributed by atoms with E-state index in [1.807, 2.05) is 97.1 Å². The Labute approximate surface area is 281 Å². The summed E-state index contributed by atoms with van der Waals surface area (Å²) in [5.41, 5.74) is 7.94. The Hall–Kier alpha value is -5.22. The summed E-state index contributed by atoms with van der Waals surface area (Å²) < 4.78 is 5.32. The molecular weight excluding hydrogens is 608 g/mol. The van der Waals surface area contributed by atoms with Gasteiger partial charge in [0.15, 0.2) is 0 Å². The van der Waals surface area contributed by atoms with Crippen LogP contribution < -0.4 is 26.4 Å². The topological polar surface area (TPSA) is 160 Å². The second-order valence-corrected chi connectivity index (χ2v) is 11.9. The van der Waals surface area contributed by atoms with Crippen LogP contribution in [0.25, 0.3) is 10.8 Å². The molecule has 4 atom stereocenters. The number of methoxy groups -OCH3 is 1. The Balaban J connectivity index is 1.56. The second-order valence-electron chi connectivity index (χ2n) is 11.9. The van der Waals surface area contributed by atoms with Gasteiger partial charge in [0.1, 0.15) is 23.9 Å². The molecule has 4 rings (SSSR count). The van der Waals surface area contributed by atoms with E-state index in [0.29, 0.717) is 19.4 Å². The van der Waals surface area contributed by atoms with Crippen molar-refractivity contribution in [3.63, 3.8) is 0 Å². The van der Waals surface area contributed by atoms with Crippen LogP contribution in [0.2, 0.25) is 0 Å². The van der Waals surface area contributed by atoms with Crippen LogP contribution in [-0.4, -0.2) is 60.6 Å². The Morgan fingerprint density at radius 1 is 0.688 bits per heavy atom. The summed E-state index contributed by atoms with van der Waals surface area (Å²) in [5.74, 6) is -2.56. The number of hydrogen-bond acceptors (Lipinski definition) is 6. The van der Waals surface area contributed by atoms with Gasteiger partial charge >= 0.3 is 5.97 Å². The van der Waals surface area contributed by atoms with E-state index in [1.54, 1.807) is 14.0 Å². The van der Waals surface area contributed by atoms with Crippen molar-refractivity contribution in [1.82, 2.24) is 16.0 Å². The molecule has 0 aliphatic carbocycles. The lowest BCUT2D eigenvalue weighted by atomic mass is 9.96. The minimum Gasteiger partial charge on any atom is -0.497 e. The first-order valence-corrected chi connectivity index (χ1v) is 16.2. The number of benzene rings is 4. The molecule has 4 aromatic carbocycles. The van der Waals surface area contributed by atoms with Crippen molar-refractivity contribution in [2.45, 2.75) is 63.1 Å². The van der Waals surface area contributed by atoms with Crippen LogP contribution in [0, 0.1) is 0 Å². The van der Waals surface area contributed by atoms with E-state index in [1.165, 1.54) is 0 Å². The largest absolute Gasteiger partial charge is 0.497 e. The number of carbonyl (C=O) groups is 4. The lowest BCUT2D eigenvalue weighted by Crippen LogP contribution is -2.57. The number of rotatable bonds is 17. The molecule has 3 amide bonds. The number of amides is 3. The summed E-state index contributed by atoms with van der Waals surface area (Å²) >= 11 is 0. The maximum atomic E-state index is 14.0. The Bertz CT molecular complexity index is 1680. The molecule has 0 radical (unpaired) electrons. The molecule has 0 saturated carbocycles. The van der Waals surface area contributed by atoms with Gasteiger partial charge < -0.3 is 31.5 Å². The number of hydrogen-bond donors (Lipinski definition) is 5. The first kappa shape index (κ1) is 35.6. The van der Waals surface area contributed by atoms with E-state index < -0.39 is 41.8 Å². The lowest BCUT2D eigenvalue weighted by molar-refractivity contribution is -0.142. The predicted octanol–water partition coefficient (Wildman–Crippen LogP) is 4.11. The number of aliphatic carboxylic acids is 1. The van der Waals surface area contributed by atoms with Gasteiger partial charge in [-0.15, -0.1) is 0 Å². The number of nitrogens with one attached hydrogen (secondary N) is 3. The van der Waals surface area contributed by atoms with Crippen molar-refractivity contribution in [3.8, 4) is 5.75 Å². The van der Waals surface area contributed by atoms with Gasteiger partial charge in [-0.3, -0.25) is 14.4 Å². The van der Waals surface area contributed by atoms with Crippen LogP contribution in [0.1, 0.15) is 48.8 Å². The number of carboxylic acids is 1. The molecule has 0 aliphatic rings. The van der Waals surface area contributed by atoms with Crippen LogP contribution in [0.15, 0.2) is 97.1 Å². The highest BCUT2D eigenvalue weighted by Gasteiger charge is 2.31. The zero-order valence-electron chi connectivity index (χ0n) is 27.4. The Morgan fingerprint density at radius 2 is 1.21 bits per heavy atom. The SMILES string of the molecule is COc1ccc2cc([C@H](C)C(=O)N[C@H](Cc3ccccc3)C(=O)N[C@H](Cc3ccccc3)C(=O)N[C@H](CCCCN)C(=O)O)ccc2c1. The predicted molar refractivity (Wildman–Crippen MR) is 186 cm³/mol. The van der Waals surface area contributed by atoms with Gasteiger partial charge in [-0.05, 0) is 72.3 Å². The fourth-order valence-electron chi connectivity index (χ4n) is 5.50. The van der Waals surface area contributed by atoms with Gasteiger partial charge in [0, 0.05) is 12.8 Å². The van der Waals surface area contributed by atoms with Crippen LogP contribution >= 0.6 is 0 Å². The number of unbranched alkanes of at least 4 members (excludes halogenated alkanes) is 1. The van der Waals surface area contributed by atoms with Crippen LogP contribution in [-0.2, 0) is 32.0 Å². The zero-order chi connectivity index (χ0) is 34.5. The molecule has 0 aliphatic heterocycles. The summed E-state index contributed by atoms with van der Waals surface area (Å²) in [5, 5.41) is 20.0. The lowest BCUT2D eigenvalue weighted by Gasteiger charge is -2.26. The fourth-order valence-corrected chi connectivity index (χ4v) is 5.50. The van der Waals surface area contributed by atoms with Crippen molar-refractivity contribution >= 4 is 34.5 Å². The first-order chi connectivity index (χ1) is 23.2. The minimum absolute atomic E-state index is 0.123. The van der Waals surface area contributed by atoms with E-state index in [-0.39, 0.29) is 25.2 Å². The molecule has 6 N–H and O–H groups in total. The molecule has 10 heteroatoms. The second kappa shape index (κ2) is 17.6. The monoisotopic (exact) mass is 652 g/mol. The average molecular weight is 653 g/mol. The molecule has 48 heavy (non-hydrogen) atoms. The Morgan fingerprint density at radius 3 is 1.75 bits per heavy atom. The summed E-state index contributed by atoms with van der Waals surface area (Å²) in [4.78, 5) is 53.2. The molecule has 10 nitrogen and oxygen atoms in total. The third-order valence-electron chi connectivity index (χ3n) is 8.36. The van der Waals surface area contributed by atoms with E-state index in [0.717, 1.165) is 33.2 Å². The Kier molecular flexibility index (Phi) is 13.1. The molecule has 4 aromatic rings. The summed E-state index contributed by atoms with van der Waals surface area (Å²) in [6.45, 7) is 2.19. The molecule has 0 aromatic heterocycles.